The number of benzene rings is 1. The summed E-state index contributed by atoms with van der Waals surface area (Å²) >= 11 is 1.03. The van der Waals surface area contributed by atoms with E-state index in [1.165, 1.54) is 18.2 Å². The molecule has 1 aromatic carbocycles. The van der Waals surface area contributed by atoms with Crippen molar-refractivity contribution < 1.29 is 14.8 Å². The molecule has 8 heteroatoms. The van der Waals surface area contributed by atoms with Crippen LogP contribution in [0.1, 0.15) is 0 Å². The van der Waals surface area contributed by atoms with Crippen molar-refractivity contribution in [2.45, 2.75) is 5.16 Å². The minimum atomic E-state index is -0.943. The van der Waals surface area contributed by atoms with Crippen LogP contribution >= 0.6 is 11.8 Å². The fourth-order valence-corrected chi connectivity index (χ4v) is 1.89. The number of hydrogen-bond donors (Lipinski definition) is 2. The summed E-state index contributed by atoms with van der Waals surface area (Å²) in [6, 6.07) is 4.25. The molecular weight excluding hydrogens is 246 g/mol. The number of non-ortho nitro benzene ring substituents is 1. The summed E-state index contributed by atoms with van der Waals surface area (Å²) in [5.74, 6) is -1.05. The summed E-state index contributed by atoms with van der Waals surface area (Å²) in [6.45, 7) is 0. The van der Waals surface area contributed by atoms with E-state index in [2.05, 4.69) is 9.97 Å². The molecule has 1 aromatic heterocycles. The number of carboxylic acids is 1. The Morgan fingerprint density at radius 3 is 3.00 bits per heavy atom. The topological polar surface area (TPSA) is 109 Å². The molecule has 2 N–H and O–H groups in total. The molecule has 0 fully saturated rings. The van der Waals surface area contributed by atoms with Gasteiger partial charge in [0, 0.05) is 12.1 Å². The van der Waals surface area contributed by atoms with E-state index in [-0.39, 0.29) is 11.4 Å². The molecule has 0 unspecified atom stereocenters. The molecule has 0 aliphatic rings. The lowest BCUT2D eigenvalue weighted by Crippen LogP contribution is -1.97. The van der Waals surface area contributed by atoms with Gasteiger partial charge >= 0.3 is 5.97 Å². The maximum atomic E-state index is 10.6. The van der Waals surface area contributed by atoms with Crippen molar-refractivity contribution in [2.75, 3.05) is 5.75 Å². The average Bonchev–Trinajstić information content (AvgIpc) is 2.67. The first-order valence-electron chi connectivity index (χ1n) is 4.55. The van der Waals surface area contributed by atoms with Gasteiger partial charge in [0.1, 0.15) is 0 Å². The number of H-pyrrole nitrogens is 1. The zero-order valence-electron chi connectivity index (χ0n) is 8.41. The number of hydrogen-bond acceptors (Lipinski definition) is 5. The molecule has 2 rings (SSSR count). The highest BCUT2D eigenvalue weighted by atomic mass is 32.2. The molecule has 7 nitrogen and oxygen atoms in total. The lowest BCUT2D eigenvalue weighted by molar-refractivity contribution is -0.384. The van der Waals surface area contributed by atoms with E-state index in [4.69, 9.17) is 5.11 Å². The molecule has 0 atom stereocenters. The van der Waals surface area contributed by atoms with Gasteiger partial charge in [-0.05, 0) is 6.07 Å². The van der Waals surface area contributed by atoms with Crippen molar-refractivity contribution >= 4 is 34.5 Å². The normalized spacial score (nSPS) is 10.6. The Kier molecular flexibility index (Phi) is 2.96. The first-order chi connectivity index (χ1) is 8.06. The molecule has 0 bridgehead atoms. The zero-order chi connectivity index (χ0) is 12.4. The van der Waals surface area contributed by atoms with Gasteiger partial charge in [0.2, 0.25) is 0 Å². The number of aromatic nitrogens is 2. The SMILES string of the molecule is O=C(O)CSc1nc2ccc([N+](=O)[O-])cc2[nH]1. The first-order valence-corrected chi connectivity index (χ1v) is 5.53. The number of aromatic amines is 1. The van der Waals surface area contributed by atoms with Crippen molar-refractivity contribution in [3.05, 3.63) is 28.3 Å². The number of nitro groups is 1. The first kappa shape index (κ1) is 11.4. The molecular formula is C9H7N3O4S. The summed E-state index contributed by atoms with van der Waals surface area (Å²) in [5.41, 5.74) is 1.06. The van der Waals surface area contributed by atoms with Gasteiger partial charge in [-0.2, -0.15) is 0 Å². The standard InChI is InChI=1S/C9H7N3O4S/c13-8(14)4-17-9-10-6-2-1-5(12(15)16)3-7(6)11-9/h1-3H,4H2,(H,10,11)(H,13,14). The molecule has 0 radical (unpaired) electrons. The molecule has 17 heavy (non-hydrogen) atoms. The summed E-state index contributed by atoms with van der Waals surface area (Å²) in [4.78, 5) is 27.4. The number of thioether (sulfide) groups is 1. The summed E-state index contributed by atoms with van der Waals surface area (Å²) in [6.07, 6.45) is 0. The Morgan fingerprint density at radius 1 is 1.59 bits per heavy atom. The second kappa shape index (κ2) is 4.42. The number of imidazole rings is 1. The Bertz CT molecular complexity index is 595. The second-order valence-corrected chi connectivity index (χ2v) is 4.15. The molecule has 0 aliphatic heterocycles. The van der Waals surface area contributed by atoms with E-state index in [0.29, 0.717) is 16.2 Å². The van der Waals surface area contributed by atoms with E-state index in [9.17, 15) is 14.9 Å². The highest BCUT2D eigenvalue weighted by molar-refractivity contribution is 7.99. The molecule has 0 aliphatic carbocycles. The number of aliphatic carboxylic acids is 1. The molecule has 0 amide bonds. The van der Waals surface area contributed by atoms with Crippen molar-refractivity contribution in [1.29, 1.82) is 0 Å². The van der Waals surface area contributed by atoms with Gasteiger partial charge < -0.3 is 10.1 Å². The van der Waals surface area contributed by atoms with Crippen molar-refractivity contribution in [2.24, 2.45) is 0 Å². The third-order valence-electron chi connectivity index (χ3n) is 1.99. The highest BCUT2D eigenvalue weighted by Crippen LogP contribution is 2.22. The van der Waals surface area contributed by atoms with Crippen LogP contribution in [0.4, 0.5) is 5.69 Å². The molecule has 0 saturated heterocycles. The highest BCUT2D eigenvalue weighted by Gasteiger charge is 2.10. The van der Waals surface area contributed by atoms with Gasteiger partial charge in [0.25, 0.3) is 5.69 Å². The van der Waals surface area contributed by atoms with Gasteiger partial charge in [-0.25, -0.2) is 4.98 Å². The zero-order valence-corrected chi connectivity index (χ0v) is 9.23. The third-order valence-corrected chi connectivity index (χ3v) is 2.84. The third kappa shape index (κ3) is 2.53. The van der Waals surface area contributed by atoms with Crippen LogP contribution in [0.3, 0.4) is 0 Å². The number of carboxylic acid groups (broad SMARTS) is 1. The van der Waals surface area contributed by atoms with E-state index < -0.39 is 10.9 Å². The number of nitrogens with one attached hydrogen (secondary N) is 1. The Balaban J connectivity index is 2.30. The fourth-order valence-electron chi connectivity index (χ4n) is 1.29. The smallest absolute Gasteiger partial charge is 0.313 e. The quantitative estimate of drug-likeness (QED) is 0.487. The predicted octanol–water partition coefficient (Wildman–Crippen LogP) is 1.65. The van der Waals surface area contributed by atoms with Crippen LogP contribution in [-0.2, 0) is 4.79 Å². The van der Waals surface area contributed by atoms with E-state index in [1.54, 1.807) is 0 Å². The number of nitro benzene ring substituents is 1. The lowest BCUT2D eigenvalue weighted by atomic mass is 10.3. The van der Waals surface area contributed by atoms with Gasteiger partial charge in [0.15, 0.2) is 5.16 Å². The number of carbonyl (C=O) groups is 1. The van der Waals surface area contributed by atoms with Crippen LogP contribution in [0.25, 0.3) is 11.0 Å². The van der Waals surface area contributed by atoms with Gasteiger partial charge in [-0.15, -0.1) is 0 Å². The van der Waals surface area contributed by atoms with Gasteiger partial charge in [0.05, 0.1) is 21.7 Å². The summed E-state index contributed by atoms with van der Waals surface area (Å²) in [5, 5.41) is 19.5. The maximum absolute atomic E-state index is 10.6. The van der Waals surface area contributed by atoms with Crippen molar-refractivity contribution in [3.8, 4) is 0 Å². The van der Waals surface area contributed by atoms with E-state index in [1.807, 2.05) is 0 Å². The monoisotopic (exact) mass is 253 g/mol. The van der Waals surface area contributed by atoms with Crippen LogP contribution < -0.4 is 0 Å². The lowest BCUT2D eigenvalue weighted by Gasteiger charge is -1.90. The largest absolute Gasteiger partial charge is 0.481 e. The predicted molar refractivity (Wildman–Crippen MR) is 61.1 cm³/mol. The minimum absolute atomic E-state index is 0.0315. The van der Waals surface area contributed by atoms with E-state index in [0.717, 1.165) is 11.8 Å². The maximum Gasteiger partial charge on any atom is 0.313 e. The number of nitrogens with zero attached hydrogens (tertiary/aromatic N) is 2. The summed E-state index contributed by atoms with van der Waals surface area (Å²) < 4.78 is 0. The molecule has 0 spiro atoms. The molecule has 1 heterocycles. The Hall–Kier alpha value is -2.09. The number of rotatable bonds is 4. The fraction of sp³-hybridized carbons (Fsp3) is 0.111. The molecule has 88 valence electrons. The number of fused-ring (bicyclic) bond motifs is 1. The van der Waals surface area contributed by atoms with Crippen LogP contribution in [0.5, 0.6) is 0 Å². The Labute approximate surface area is 99.0 Å². The second-order valence-electron chi connectivity index (χ2n) is 3.18. The van der Waals surface area contributed by atoms with Crippen LogP contribution in [0.15, 0.2) is 23.4 Å². The Morgan fingerprint density at radius 2 is 2.35 bits per heavy atom. The summed E-state index contributed by atoms with van der Waals surface area (Å²) in [7, 11) is 0. The van der Waals surface area contributed by atoms with Crippen molar-refractivity contribution in [3.63, 3.8) is 0 Å². The van der Waals surface area contributed by atoms with Crippen molar-refractivity contribution in [1.82, 2.24) is 9.97 Å². The van der Waals surface area contributed by atoms with E-state index >= 15 is 0 Å². The van der Waals surface area contributed by atoms with Crippen LogP contribution in [0, 0.1) is 10.1 Å². The average molecular weight is 253 g/mol. The van der Waals surface area contributed by atoms with Gasteiger partial charge in [-0.1, -0.05) is 11.8 Å². The van der Waals surface area contributed by atoms with Crippen LogP contribution in [0.2, 0.25) is 0 Å². The van der Waals surface area contributed by atoms with Crippen LogP contribution in [-0.4, -0.2) is 31.7 Å². The minimum Gasteiger partial charge on any atom is -0.481 e. The molecule has 2 aromatic rings. The van der Waals surface area contributed by atoms with Gasteiger partial charge in [-0.3, -0.25) is 14.9 Å². The molecule has 0 saturated carbocycles.